The summed E-state index contributed by atoms with van der Waals surface area (Å²) in [4.78, 5) is 51.1. The maximum atomic E-state index is 13.1. The molecular weight excluding hydrogens is 639 g/mol. The molecule has 50 heavy (non-hydrogen) atoms. The minimum Gasteiger partial charge on any atom is -0.454 e. The maximum Gasteiger partial charge on any atom is 0.255 e. The van der Waals surface area contributed by atoms with Gasteiger partial charge in [0.05, 0.1) is 22.3 Å². The Balaban J connectivity index is 0.000000174. The van der Waals surface area contributed by atoms with Gasteiger partial charge in [0.2, 0.25) is 6.79 Å². The topological polar surface area (TPSA) is 118 Å². The zero-order valence-electron chi connectivity index (χ0n) is 29.5. The van der Waals surface area contributed by atoms with Gasteiger partial charge in [-0.25, -0.2) is 14.4 Å². The number of carbonyl (C=O) groups is 4. The molecule has 2 aliphatic carbocycles. The molecule has 2 fully saturated rings. The van der Waals surface area contributed by atoms with Crippen molar-refractivity contribution < 1.29 is 33.0 Å². The van der Waals surface area contributed by atoms with Crippen LogP contribution in [0.15, 0.2) is 52.7 Å². The number of ketones is 2. The fourth-order valence-electron chi connectivity index (χ4n) is 8.18. The zero-order valence-corrected chi connectivity index (χ0v) is 29.5. The van der Waals surface area contributed by atoms with E-state index in [1.165, 1.54) is 47.1 Å². The first-order valence-corrected chi connectivity index (χ1v) is 17.9. The molecule has 10 nitrogen and oxygen atoms in total. The second-order valence-electron chi connectivity index (χ2n) is 14.6. The first kappa shape index (κ1) is 35.4. The molecule has 266 valence electrons. The van der Waals surface area contributed by atoms with Crippen LogP contribution in [0.3, 0.4) is 0 Å². The predicted molar refractivity (Wildman–Crippen MR) is 187 cm³/mol. The van der Waals surface area contributed by atoms with Crippen LogP contribution in [0.5, 0.6) is 11.5 Å². The van der Waals surface area contributed by atoms with Crippen LogP contribution in [0.4, 0.5) is 4.39 Å². The molecule has 0 saturated heterocycles. The fourth-order valence-corrected chi connectivity index (χ4v) is 8.18. The van der Waals surface area contributed by atoms with E-state index in [2.05, 4.69) is 10.2 Å². The van der Waals surface area contributed by atoms with E-state index in [9.17, 15) is 23.6 Å². The van der Waals surface area contributed by atoms with E-state index in [1.54, 1.807) is 18.2 Å². The molecule has 3 heterocycles. The molecule has 2 atom stereocenters. The highest BCUT2D eigenvalue weighted by Crippen LogP contribution is 2.45. The lowest BCUT2D eigenvalue weighted by Gasteiger charge is -2.35. The third-order valence-corrected chi connectivity index (χ3v) is 11.7. The molecule has 2 amide bonds. The fraction of sp³-hybridized carbons (Fsp3) is 0.538. The highest BCUT2D eigenvalue weighted by Gasteiger charge is 2.52. The van der Waals surface area contributed by atoms with Crippen molar-refractivity contribution in [2.45, 2.75) is 91.9 Å². The molecule has 11 heteroatoms. The van der Waals surface area contributed by atoms with Crippen LogP contribution in [0, 0.1) is 28.5 Å². The van der Waals surface area contributed by atoms with Gasteiger partial charge in [0, 0.05) is 11.1 Å². The summed E-state index contributed by atoms with van der Waals surface area (Å²) in [6.07, 6.45) is 11.3. The zero-order chi connectivity index (χ0) is 35.6. The Morgan fingerprint density at radius 3 is 1.64 bits per heavy atom. The normalized spacial score (nSPS) is 25.3. The van der Waals surface area contributed by atoms with Crippen LogP contribution < -0.4 is 9.47 Å². The summed E-state index contributed by atoms with van der Waals surface area (Å²) < 4.78 is 23.6. The van der Waals surface area contributed by atoms with Gasteiger partial charge in [0.15, 0.2) is 23.1 Å². The molecule has 0 bridgehead atoms. The summed E-state index contributed by atoms with van der Waals surface area (Å²) in [7, 11) is 0. The SMILES string of the molecule is CC1=NN(CC(=O)c2ccc(F)cc2)C(=O)C1(C)C1CCCCC1.CC1=NN(CC(=O)c2ccc3c(c2)OCO3)C(=O)C1(C)C1CCCCC1. The van der Waals surface area contributed by atoms with E-state index in [0.29, 0.717) is 34.5 Å². The van der Waals surface area contributed by atoms with Gasteiger partial charge in [-0.15, -0.1) is 0 Å². The lowest BCUT2D eigenvalue weighted by atomic mass is 9.67. The van der Waals surface area contributed by atoms with E-state index in [1.807, 2.05) is 27.7 Å². The summed E-state index contributed by atoms with van der Waals surface area (Å²) >= 11 is 0. The largest absolute Gasteiger partial charge is 0.454 e. The van der Waals surface area contributed by atoms with E-state index in [0.717, 1.165) is 62.8 Å². The van der Waals surface area contributed by atoms with Crippen LogP contribution in [-0.4, -0.2) is 64.7 Å². The molecule has 2 saturated carbocycles. The van der Waals surface area contributed by atoms with Crippen LogP contribution in [-0.2, 0) is 9.59 Å². The number of carbonyl (C=O) groups excluding carboxylic acids is 4. The first-order valence-electron chi connectivity index (χ1n) is 17.9. The number of nitrogens with zero attached hydrogens (tertiary/aromatic N) is 4. The third kappa shape index (κ3) is 6.71. The summed E-state index contributed by atoms with van der Waals surface area (Å²) in [6, 6.07) is 10.5. The summed E-state index contributed by atoms with van der Waals surface area (Å²) in [5, 5.41) is 11.5. The van der Waals surface area contributed by atoms with Gasteiger partial charge in [0.1, 0.15) is 18.9 Å². The Morgan fingerprint density at radius 1 is 0.700 bits per heavy atom. The van der Waals surface area contributed by atoms with Gasteiger partial charge in [-0.1, -0.05) is 38.5 Å². The number of ether oxygens (including phenoxy) is 2. The predicted octanol–water partition coefficient (Wildman–Crippen LogP) is 7.22. The van der Waals surface area contributed by atoms with Gasteiger partial charge in [-0.05, 0) is 108 Å². The summed E-state index contributed by atoms with van der Waals surface area (Å²) in [5.41, 5.74) is 1.35. The van der Waals surface area contributed by atoms with E-state index >= 15 is 0 Å². The van der Waals surface area contributed by atoms with Crippen molar-refractivity contribution in [2.24, 2.45) is 32.9 Å². The lowest BCUT2D eigenvalue weighted by Crippen LogP contribution is -2.44. The van der Waals surface area contributed by atoms with Crippen LogP contribution in [0.1, 0.15) is 113 Å². The quantitative estimate of drug-likeness (QED) is 0.271. The maximum absolute atomic E-state index is 13.1. The minimum atomic E-state index is -0.594. The number of amides is 2. The van der Waals surface area contributed by atoms with Crippen LogP contribution in [0.2, 0.25) is 0 Å². The standard InChI is InChI=1S/C20H24N2O4.C19H23FN2O2/c1-13-20(2,15-6-4-3-5-7-15)19(24)22(21-13)11-16(23)14-8-9-17-18(10-14)26-12-25-17;1-13-19(2,15-6-4-3-5-7-15)18(24)22(21-13)12-17(23)14-8-10-16(20)11-9-14/h8-10,15H,3-7,11-12H2,1-2H3;8-11,15H,3-7,12H2,1-2H3. The number of Topliss-reactive ketones (excluding diaryl/α,β-unsaturated/α-hetero) is 2. The first-order chi connectivity index (χ1) is 23.9. The Bertz CT molecular complexity index is 1710. The lowest BCUT2D eigenvalue weighted by molar-refractivity contribution is -0.138. The van der Waals surface area contributed by atoms with Crippen molar-refractivity contribution >= 4 is 34.8 Å². The monoisotopic (exact) mass is 686 g/mol. The second-order valence-corrected chi connectivity index (χ2v) is 14.6. The number of halogens is 1. The Kier molecular flexibility index (Phi) is 10.2. The van der Waals surface area contributed by atoms with Crippen molar-refractivity contribution in [2.75, 3.05) is 19.9 Å². The smallest absolute Gasteiger partial charge is 0.255 e. The highest BCUT2D eigenvalue weighted by atomic mass is 19.1. The number of benzene rings is 2. The van der Waals surface area contributed by atoms with Gasteiger partial charge in [-0.3, -0.25) is 19.2 Å². The van der Waals surface area contributed by atoms with E-state index < -0.39 is 10.8 Å². The molecule has 2 aromatic carbocycles. The Labute approximate surface area is 293 Å². The minimum absolute atomic E-state index is 0.0435. The summed E-state index contributed by atoms with van der Waals surface area (Å²) in [6.45, 7) is 7.79. The van der Waals surface area contributed by atoms with Gasteiger partial charge in [-0.2, -0.15) is 10.2 Å². The Morgan fingerprint density at radius 2 is 1.14 bits per heavy atom. The molecule has 2 unspecified atom stereocenters. The highest BCUT2D eigenvalue weighted by molar-refractivity contribution is 6.13. The second kappa shape index (κ2) is 14.4. The number of hydrazone groups is 2. The molecular formula is C39H47FN4O6. The molecule has 0 aromatic heterocycles. The van der Waals surface area contributed by atoms with Gasteiger partial charge < -0.3 is 9.47 Å². The molecule has 7 rings (SSSR count). The van der Waals surface area contributed by atoms with Gasteiger partial charge >= 0.3 is 0 Å². The average Bonchev–Trinajstić information content (AvgIpc) is 3.76. The third-order valence-electron chi connectivity index (χ3n) is 11.7. The van der Waals surface area contributed by atoms with Crippen LogP contribution >= 0.6 is 0 Å². The van der Waals surface area contributed by atoms with Gasteiger partial charge in [0.25, 0.3) is 11.8 Å². The molecule has 3 aliphatic heterocycles. The molecule has 2 aromatic rings. The summed E-state index contributed by atoms with van der Waals surface area (Å²) in [5.74, 6) is 0.925. The Hall–Kier alpha value is -4.41. The number of fused-ring (bicyclic) bond motifs is 1. The number of rotatable bonds is 8. The van der Waals surface area contributed by atoms with Crippen molar-refractivity contribution in [3.05, 3.63) is 59.4 Å². The van der Waals surface area contributed by atoms with E-state index in [-0.39, 0.29) is 49.1 Å². The van der Waals surface area contributed by atoms with Crippen molar-refractivity contribution in [3.8, 4) is 11.5 Å². The molecule has 0 spiro atoms. The molecule has 0 N–H and O–H groups in total. The van der Waals surface area contributed by atoms with Crippen molar-refractivity contribution in [1.29, 1.82) is 0 Å². The average molecular weight is 687 g/mol. The van der Waals surface area contributed by atoms with Crippen molar-refractivity contribution in [3.63, 3.8) is 0 Å². The van der Waals surface area contributed by atoms with Crippen LogP contribution in [0.25, 0.3) is 0 Å². The molecule has 0 radical (unpaired) electrons. The van der Waals surface area contributed by atoms with E-state index in [4.69, 9.17) is 9.47 Å². The number of hydrogen-bond acceptors (Lipinski definition) is 8. The van der Waals surface area contributed by atoms with Crippen molar-refractivity contribution in [1.82, 2.24) is 10.0 Å². The number of hydrogen-bond donors (Lipinski definition) is 0. The molecule has 5 aliphatic rings.